The third kappa shape index (κ3) is 8.45. The van der Waals surface area contributed by atoms with E-state index in [0.29, 0.717) is 0 Å². The van der Waals surface area contributed by atoms with Crippen molar-refractivity contribution in [2.75, 3.05) is 0 Å². The fourth-order valence-corrected chi connectivity index (χ4v) is 0.840. The highest BCUT2D eigenvalue weighted by atomic mass is 16.3. The zero-order valence-electron chi connectivity index (χ0n) is 11.7. The summed E-state index contributed by atoms with van der Waals surface area (Å²) in [5.74, 6) is 17.7. The molecule has 0 fully saturated rings. The number of aliphatic hydroxyl groups is 1. The van der Waals surface area contributed by atoms with Crippen LogP contribution in [0.1, 0.15) is 41.5 Å². The molecule has 0 atom stereocenters. The fourth-order valence-electron chi connectivity index (χ4n) is 0.840. The molecule has 17 heavy (non-hydrogen) atoms. The molecule has 0 aromatic rings. The molecule has 0 rings (SSSR count). The molecule has 0 aromatic carbocycles. The van der Waals surface area contributed by atoms with Crippen LogP contribution in [0.25, 0.3) is 0 Å². The number of hydrogen-bond acceptors (Lipinski definition) is 1. The van der Waals surface area contributed by atoms with E-state index in [1.165, 1.54) is 0 Å². The Morgan fingerprint density at radius 3 is 1.06 bits per heavy atom. The lowest BCUT2D eigenvalue weighted by Crippen LogP contribution is -2.22. The topological polar surface area (TPSA) is 20.2 Å². The molecule has 0 aliphatic carbocycles. The zero-order chi connectivity index (χ0) is 13.5. The average Bonchev–Trinajstić information content (AvgIpc) is 2.21. The van der Waals surface area contributed by atoms with Crippen molar-refractivity contribution in [3.05, 3.63) is 0 Å². The third-order valence-electron chi connectivity index (χ3n) is 1.63. The predicted molar refractivity (Wildman–Crippen MR) is 72.8 cm³/mol. The standard InChI is InChI=1S/C16H22O/c1-13(2)7-10-16(17,11-8-14(3)4)12-9-15(5)6/h13-15,17H,1-6H3. The molecule has 0 saturated carbocycles. The molecule has 1 heteroatoms. The Labute approximate surface area is 106 Å². The summed E-state index contributed by atoms with van der Waals surface area (Å²) in [6.45, 7) is 11.8. The second kappa shape index (κ2) is 7.06. The average molecular weight is 230 g/mol. The minimum Gasteiger partial charge on any atom is -0.357 e. The van der Waals surface area contributed by atoms with Gasteiger partial charge in [0.05, 0.1) is 0 Å². The highest BCUT2D eigenvalue weighted by Gasteiger charge is 2.17. The van der Waals surface area contributed by atoms with Gasteiger partial charge in [-0.25, -0.2) is 0 Å². The van der Waals surface area contributed by atoms with Gasteiger partial charge in [-0.1, -0.05) is 59.3 Å². The van der Waals surface area contributed by atoms with Crippen LogP contribution in [-0.2, 0) is 0 Å². The van der Waals surface area contributed by atoms with Crippen LogP contribution in [-0.4, -0.2) is 10.7 Å². The van der Waals surface area contributed by atoms with Gasteiger partial charge in [-0.2, -0.15) is 0 Å². The van der Waals surface area contributed by atoms with Crippen LogP contribution < -0.4 is 0 Å². The molecule has 0 unspecified atom stereocenters. The van der Waals surface area contributed by atoms with Gasteiger partial charge in [0, 0.05) is 17.8 Å². The summed E-state index contributed by atoms with van der Waals surface area (Å²) in [7, 11) is 0. The lowest BCUT2D eigenvalue weighted by atomic mass is 10.0. The number of rotatable bonds is 0. The Hall–Kier alpha value is -1.36. The SMILES string of the molecule is CC(C)C#CC(O)(C#CC(C)C)C#CC(C)C. The predicted octanol–water partition coefficient (Wildman–Crippen LogP) is 2.70. The van der Waals surface area contributed by atoms with Gasteiger partial charge in [-0.05, 0) is 17.8 Å². The maximum absolute atomic E-state index is 10.2. The second-order valence-corrected chi connectivity index (χ2v) is 4.98. The van der Waals surface area contributed by atoms with E-state index in [-0.39, 0.29) is 17.8 Å². The van der Waals surface area contributed by atoms with Crippen LogP contribution in [0.3, 0.4) is 0 Å². The van der Waals surface area contributed by atoms with E-state index in [1.807, 2.05) is 41.5 Å². The highest BCUT2D eigenvalue weighted by molar-refractivity contribution is 5.42. The van der Waals surface area contributed by atoms with Gasteiger partial charge in [-0.15, -0.1) is 0 Å². The molecule has 0 aliphatic heterocycles. The van der Waals surface area contributed by atoms with Crippen LogP contribution in [0.2, 0.25) is 0 Å². The van der Waals surface area contributed by atoms with Crippen molar-refractivity contribution in [1.29, 1.82) is 0 Å². The van der Waals surface area contributed by atoms with Crippen LogP contribution in [0.5, 0.6) is 0 Å². The summed E-state index contributed by atoms with van der Waals surface area (Å²) >= 11 is 0. The van der Waals surface area contributed by atoms with Gasteiger partial charge in [0.2, 0.25) is 0 Å². The van der Waals surface area contributed by atoms with Crippen molar-refractivity contribution in [2.45, 2.75) is 47.1 Å². The number of hydrogen-bond donors (Lipinski definition) is 1. The van der Waals surface area contributed by atoms with Crippen LogP contribution >= 0.6 is 0 Å². The molecule has 0 amide bonds. The Balaban J connectivity index is 5.22. The van der Waals surface area contributed by atoms with Gasteiger partial charge in [0.25, 0.3) is 5.60 Å². The Bertz CT molecular complexity index is 343. The van der Waals surface area contributed by atoms with Gasteiger partial charge in [0.1, 0.15) is 0 Å². The van der Waals surface area contributed by atoms with Crippen molar-refractivity contribution < 1.29 is 5.11 Å². The molecular weight excluding hydrogens is 208 g/mol. The summed E-state index contributed by atoms with van der Waals surface area (Å²) in [6.07, 6.45) is 0. The van der Waals surface area contributed by atoms with Crippen molar-refractivity contribution >= 4 is 0 Å². The van der Waals surface area contributed by atoms with Gasteiger partial charge in [-0.3, -0.25) is 0 Å². The normalized spacial score (nSPS) is 10.2. The first-order chi connectivity index (χ1) is 7.75. The quantitative estimate of drug-likeness (QED) is 0.634. The molecule has 0 bridgehead atoms. The second-order valence-electron chi connectivity index (χ2n) is 4.98. The summed E-state index contributed by atoms with van der Waals surface area (Å²) < 4.78 is 0. The molecule has 92 valence electrons. The maximum atomic E-state index is 10.2. The molecule has 0 aromatic heterocycles. The van der Waals surface area contributed by atoms with Crippen molar-refractivity contribution in [3.8, 4) is 35.5 Å². The largest absolute Gasteiger partial charge is 0.357 e. The van der Waals surface area contributed by atoms with E-state index in [4.69, 9.17) is 0 Å². The summed E-state index contributed by atoms with van der Waals surface area (Å²) in [5.41, 5.74) is -1.49. The smallest absolute Gasteiger partial charge is 0.251 e. The molecule has 1 nitrogen and oxygen atoms in total. The Kier molecular flexibility index (Phi) is 6.50. The zero-order valence-corrected chi connectivity index (χ0v) is 11.7. The van der Waals surface area contributed by atoms with E-state index < -0.39 is 5.60 Å². The van der Waals surface area contributed by atoms with E-state index in [2.05, 4.69) is 35.5 Å². The lowest BCUT2D eigenvalue weighted by molar-refractivity contribution is 0.223. The van der Waals surface area contributed by atoms with E-state index in [0.717, 1.165) is 0 Å². The fraction of sp³-hybridized carbons (Fsp3) is 0.625. The molecule has 0 spiro atoms. The minimum atomic E-state index is -1.49. The first kappa shape index (κ1) is 15.6. The molecule has 0 aliphatic rings. The van der Waals surface area contributed by atoms with E-state index in [9.17, 15) is 5.11 Å². The summed E-state index contributed by atoms with van der Waals surface area (Å²) in [5, 5.41) is 10.2. The molecule has 0 saturated heterocycles. The van der Waals surface area contributed by atoms with E-state index >= 15 is 0 Å². The Morgan fingerprint density at radius 2 is 0.882 bits per heavy atom. The third-order valence-corrected chi connectivity index (χ3v) is 1.63. The molecular formula is C16H22O. The molecule has 1 N–H and O–H groups in total. The first-order valence-corrected chi connectivity index (χ1v) is 6.05. The van der Waals surface area contributed by atoms with Crippen LogP contribution in [0, 0.1) is 53.3 Å². The van der Waals surface area contributed by atoms with Crippen molar-refractivity contribution in [2.24, 2.45) is 17.8 Å². The molecule has 0 radical (unpaired) electrons. The lowest BCUT2D eigenvalue weighted by Gasteiger charge is -2.07. The summed E-state index contributed by atoms with van der Waals surface area (Å²) in [6, 6.07) is 0. The van der Waals surface area contributed by atoms with Gasteiger partial charge in [0.15, 0.2) is 0 Å². The van der Waals surface area contributed by atoms with Crippen LogP contribution in [0.15, 0.2) is 0 Å². The monoisotopic (exact) mass is 230 g/mol. The van der Waals surface area contributed by atoms with Crippen molar-refractivity contribution in [1.82, 2.24) is 0 Å². The maximum Gasteiger partial charge on any atom is 0.251 e. The molecule has 0 heterocycles. The summed E-state index contributed by atoms with van der Waals surface area (Å²) in [4.78, 5) is 0. The highest BCUT2D eigenvalue weighted by Crippen LogP contribution is 2.03. The minimum absolute atomic E-state index is 0.197. The van der Waals surface area contributed by atoms with Gasteiger partial charge < -0.3 is 5.11 Å². The first-order valence-electron chi connectivity index (χ1n) is 6.05. The van der Waals surface area contributed by atoms with E-state index in [1.54, 1.807) is 0 Å². The van der Waals surface area contributed by atoms with Crippen LogP contribution in [0.4, 0.5) is 0 Å². The van der Waals surface area contributed by atoms with Crippen molar-refractivity contribution in [3.63, 3.8) is 0 Å². The Morgan fingerprint density at radius 1 is 0.647 bits per heavy atom. The van der Waals surface area contributed by atoms with Gasteiger partial charge >= 0.3 is 0 Å².